The highest BCUT2D eigenvalue weighted by molar-refractivity contribution is 7.49. The minimum absolute atomic E-state index is 0.00659. The maximum Gasteiger partial charge on any atom is 0.475 e. The average molecular weight is 901 g/mol. The molecular formula is C39H51O18P3. The normalized spacial score (nSPS) is 20.9. The second kappa shape index (κ2) is 23.6. The van der Waals surface area contributed by atoms with Gasteiger partial charge < -0.3 is 14.2 Å². The standard InChI is InChI=1S/C39H51O18P3/c1-7-46-58(43,47-8-2)55-34-32(53-38(41)29-24-18-14-19-25-29)31(52-37(40)28-22-16-13-17-23-28)33(54-39(42)30-26-20-15-21-27-30)35(56-59(44,48-9-3)49-10-4)36(34)57-60(45,50-11-5)51-12-6/h13-27,31-36H,7-12H2,1-6H3/t31?,32-,33-,34-,35+,36?/m0/s1. The highest BCUT2D eigenvalue weighted by atomic mass is 31.2. The smallest absolute Gasteiger partial charge is 0.452 e. The van der Waals surface area contributed by atoms with E-state index in [2.05, 4.69) is 0 Å². The van der Waals surface area contributed by atoms with Gasteiger partial charge in [-0.15, -0.1) is 0 Å². The Morgan fingerprint density at radius 2 is 0.567 bits per heavy atom. The summed E-state index contributed by atoms with van der Waals surface area (Å²) in [7, 11) is -14.3. The molecule has 0 amide bonds. The number of benzene rings is 3. The van der Waals surface area contributed by atoms with Crippen LogP contribution in [0.2, 0.25) is 0 Å². The van der Waals surface area contributed by atoms with Crippen molar-refractivity contribution in [2.75, 3.05) is 39.6 Å². The van der Waals surface area contributed by atoms with Gasteiger partial charge in [-0.25, -0.2) is 28.1 Å². The molecule has 0 saturated heterocycles. The summed E-state index contributed by atoms with van der Waals surface area (Å²) in [6.45, 7) is 7.48. The highest BCUT2D eigenvalue weighted by Crippen LogP contribution is 2.59. The van der Waals surface area contributed by atoms with Gasteiger partial charge in [0.15, 0.2) is 18.3 Å². The van der Waals surface area contributed by atoms with Crippen molar-refractivity contribution < 1.29 is 83.0 Å². The lowest BCUT2D eigenvalue weighted by Gasteiger charge is -2.48. The Hall–Kier alpha value is -3.60. The number of phosphoric acid groups is 3. The van der Waals surface area contributed by atoms with E-state index in [-0.39, 0.29) is 56.3 Å². The number of ether oxygens (including phenoxy) is 3. The zero-order valence-corrected chi connectivity index (χ0v) is 36.7. The van der Waals surface area contributed by atoms with Crippen LogP contribution in [0.1, 0.15) is 72.6 Å². The molecule has 2 unspecified atom stereocenters. The number of hydrogen-bond acceptors (Lipinski definition) is 18. The molecule has 21 heteroatoms. The third-order valence-corrected chi connectivity index (χ3v) is 13.1. The van der Waals surface area contributed by atoms with Gasteiger partial charge in [-0.3, -0.25) is 40.7 Å². The number of carbonyl (C=O) groups excluding carboxylic acids is 3. The van der Waals surface area contributed by atoms with Crippen molar-refractivity contribution in [2.45, 2.75) is 78.2 Å². The van der Waals surface area contributed by atoms with Crippen LogP contribution < -0.4 is 0 Å². The van der Waals surface area contributed by atoms with Gasteiger partial charge in [-0.2, -0.15) is 0 Å². The van der Waals surface area contributed by atoms with Crippen molar-refractivity contribution in [2.24, 2.45) is 0 Å². The van der Waals surface area contributed by atoms with Crippen LogP contribution in [0, 0.1) is 0 Å². The van der Waals surface area contributed by atoms with E-state index in [1.165, 1.54) is 77.9 Å². The van der Waals surface area contributed by atoms with Crippen molar-refractivity contribution in [1.82, 2.24) is 0 Å². The summed E-state index contributed by atoms with van der Waals surface area (Å²) < 4.78 is 113. The van der Waals surface area contributed by atoms with E-state index in [1.807, 2.05) is 0 Å². The zero-order valence-electron chi connectivity index (χ0n) is 34.1. The fraction of sp³-hybridized carbons (Fsp3) is 0.462. The quantitative estimate of drug-likeness (QED) is 0.0469. The molecule has 0 aromatic heterocycles. The fourth-order valence-electron chi connectivity index (χ4n) is 5.87. The van der Waals surface area contributed by atoms with Gasteiger partial charge in [-0.05, 0) is 77.9 Å². The maximum absolute atomic E-state index is 14.4. The molecule has 0 heterocycles. The first-order valence-corrected chi connectivity index (χ1v) is 23.7. The summed E-state index contributed by atoms with van der Waals surface area (Å²) in [6, 6.07) is 22.8. The summed E-state index contributed by atoms with van der Waals surface area (Å²) in [4.78, 5) is 42.3. The summed E-state index contributed by atoms with van der Waals surface area (Å²) >= 11 is 0. The summed E-state index contributed by atoms with van der Waals surface area (Å²) in [5, 5.41) is 0. The second-order valence-corrected chi connectivity index (χ2v) is 17.1. The molecule has 0 spiro atoms. The van der Waals surface area contributed by atoms with Crippen LogP contribution >= 0.6 is 23.5 Å². The van der Waals surface area contributed by atoms with Crippen LogP contribution in [0.25, 0.3) is 0 Å². The number of phosphoric ester groups is 3. The van der Waals surface area contributed by atoms with Crippen LogP contribution in [0.5, 0.6) is 0 Å². The Morgan fingerprint density at radius 1 is 0.367 bits per heavy atom. The summed E-state index contributed by atoms with van der Waals surface area (Å²) in [5.41, 5.74) is -0.0300. The van der Waals surface area contributed by atoms with Gasteiger partial charge in [-0.1, -0.05) is 54.6 Å². The molecule has 6 atom stereocenters. The van der Waals surface area contributed by atoms with Gasteiger partial charge in [0.25, 0.3) is 0 Å². The predicted molar refractivity (Wildman–Crippen MR) is 214 cm³/mol. The van der Waals surface area contributed by atoms with E-state index in [9.17, 15) is 28.1 Å². The Kier molecular flexibility index (Phi) is 19.3. The first-order valence-electron chi connectivity index (χ1n) is 19.3. The third-order valence-electron chi connectivity index (χ3n) is 8.18. The van der Waals surface area contributed by atoms with Crippen LogP contribution in [-0.2, 0) is 68.6 Å². The van der Waals surface area contributed by atoms with Crippen molar-refractivity contribution in [3.8, 4) is 0 Å². The van der Waals surface area contributed by atoms with Crippen LogP contribution in [0.15, 0.2) is 91.0 Å². The van der Waals surface area contributed by atoms with Gasteiger partial charge in [0.1, 0.15) is 18.3 Å². The zero-order chi connectivity index (χ0) is 43.8. The molecule has 3 aromatic carbocycles. The maximum atomic E-state index is 14.4. The molecule has 18 nitrogen and oxygen atoms in total. The summed E-state index contributed by atoms with van der Waals surface area (Å²) in [6.07, 6.45) is -12.4. The molecule has 330 valence electrons. The first kappa shape index (κ1) is 49.1. The van der Waals surface area contributed by atoms with E-state index in [0.717, 1.165) is 0 Å². The molecule has 4 rings (SSSR count). The minimum Gasteiger partial charge on any atom is -0.452 e. The molecule has 1 fully saturated rings. The Morgan fingerprint density at radius 3 is 0.783 bits per heavy atom. The molecule has 1 saturated carbocycles. The van der Waals surface area contributed by atoms with Crippen molar-refractivity contribution in [1.29, 1.82) is 0 Å². The first-order chi connectivity index (χ1) is 28.8. The van der Waals surface area contributed by atoms with Gasteiger partial charge in [0.05, 0.1) is 56.3 Å². The van der Waals surface area contributed by atoms with E-state index in [1.54, 1.807) is 54.6 Å². The highest BCUT2D eigenvalue weighted by Gasteiger charge is 2.63. The summed E-state index contributed by atoms with van der Waals surface area (Å²) in [5.74, 6) is -3.13. The van der Waals surface area contributed by atoms with E-state index in [0.29, 0.717) is 0 Å². The minimum atomic E-state index is -4.78. The van der Waals surface area contributed by atoms with Crippen LogP contribution in [0.4, 0.5) is 0 Å². The number of rotatable bonds is 24. The second-order valence-electron chi connectivity index (χ2n) is 12.3. The van der Waals surface area contributed by atoms with Crippen molar-refractivity contribution in [3.63, 3.8) is 0 Å². The number of hydrogen-bond donors (Lipinski definition) is 0. The molecule has 0 N–H and O–H groups in total. The molecule has 3 aromatic rings. The topological polar surface area (TPSA) is 213 Å². The molecule has 1 aliphatic rings. The van der Waals surface area contributed by atoms with E-state index >= 15 is 0 Å². The Labute approximate surface area is 349 Å². The lowest BCUT2D eigenvalue weighted by atomic mass is 9.84. The molecule has 0 bridgehead atoms. The van der Waals surface area contributed by atoms with Crippen molar-refractivity contribution >= 4 is 41.4 Å². The van der Waals surface area contributed by atoms with Gasteiger partial charge in [0, 0.05) is 0 Å². The van der Waals surface area contributed by atoms with Gasteiger partial charge >= 0.3 is 41.4 Å². The van der Waals surface area contributed by atoms with Gasteiger partial charge in [0.2, 0.25) is 0 Å². The largest absolute Gasteiger partial charge is 0.475 e. The molecule has 60 heavy (non-hydrogen) atoms. The molecule has 0 aliphatic heterocycles. The number of carbonyl (C=O) groups is 3. The lowest BCUT2D eigenvalue weighted by Crippen LogP contribution is -2.68. The van der Waals surface area contributed by atoms with E-state index < -0.39 is 78.0 Å². The number of esters is 3. The predicted octanol–water partition coefficient (Wildman–Crippen LogP) is 8.38. The third kappa shape index (κ3) is 13.4. The lowest BCUT2D eigenvalue weighted by molar-refractivity contribution is -0.215. The van der Waals surface area contributed by atoms with Crippen LogP contribution in [-0.4, -0.2) is 94.2 Å². The monoisotopic (exact) mass is 900 g/mol. The Bertz CT molecular complexity index is 1830. The van der Waals surface area contributed by atoms with E-state index in [4.69, 9.17) is 54.9 Å². The van der Waals surface area contributed by atoms with Crippen molar-refractivity contribution in [3.05, 3.63) is 108 Å². The SMILES string of the molecule is CCOP(=O)(OCC)OC1[C@@H](OP(=O)(OCC)OCC)[C@@H](OC(=O)c2ccccc2)C(OC(=O)c2ccccc2)[C@H](OC(=O)c2ccccc2)[C@H]1OP(=O)(OCC)OCC. The van der Waals surface area contributed by atoms with Crippen LogP contribution in [0.3, 0.4) is 0 Å². The Balaban J connectivity index is 2.11. The average Bonchev–Trinajstić information content (AvgIpc) is 3.23. The molecule has 1 aliphatic carbocycles. The fourth-order valence-corrected chi connectivity index (χ4v) is 9.97. The molecule has 0 radical (unpaired) electrons. The molecular weight excluding hydrogens is 849 g/mol.